The van der Waals surface area contributed by atoms with Crippen LogP contribution in [0.25, 0.3) is 16.6 Å². The molecule has 0 amide bonds. The Labute approximate surface area is 200 Å². The normalized spacial score (nSPS) is 17.6. The Hall–Kier alpha value is -3.12. The quantitative estimate of drug-likeness (QED) is 0.509. The summed E-state index contributed by atoms with van der Waals surface area (Å²) in [6, 6.07) is 8.22. The molecule has 0 bridgehead atoms. The zero-order chi connectivity index (χ0) is 23.7. The molecule has 1 saturated heterocycles. The summed E-state index contributed by atoms with van der Waals surface area (Å²) in [4.78, 5) is 6.88. The van der Waals surface area contributed by atoms with Crippen molar-refractivity contribution in [2.24, 2.45) is 16.2 Å². The summed E-state index contributed by atoms with van der Waals surface area (Å²) in [6.45, 7) is 6.92. The largest absolute Gasteiger partial charge is 0.492 e. The standard InChI is InChI=1S/C25H30N6O2S/c1-18(2)13-29-34(32)9-7-30(8-10-34)24-6-5-20(14-27-24)23-11-22(33-17-19-3-4-19)16-31-25(23)21(12-26)15-28-31/h5-6,11,14-16,18-19H,3-4,7-10,13,17H2,1-2H3. The van der Waals surface area contributed by atoms with Gasteiger partial charge in [-0.3, -0.25) is 0 Å². The molecule has 8 nitrogen and oxygen atoms in total. The average molecular weight is 479 g/mol. The molecule has 2 fully saturated rings. The Morgan fingerprint density at radius 3 is 2.71 bits per heavy atom. The number of anilines is 1. The van der Waals surface area contributed by atoms with Crippen LogP contribution in [-0.4, -0.2) is 56.6 Å². The predicted octanol–water partition coefficient (Wildman–Crippen LogP) is 4.00. The fraction of sp³-hybridized carbons (Fsp3) is 0.480. The average Bonchev–Trinajstić information content (AvgIpc) is 3.59. The summed E-state index contributed by atoms with van der Waals surface area (Å²) in [6.07, 6.45) is 7.69. The fourth-order valence-corrected chi connectivity index (χ4v) is 6.11. The lowest BCUT2D eigenvalue weighted by Gasteiger charge is -2.30. The van der Waals surface area contributed by atoms with Crippen molar-refractivity contribution in [3.63, 3.8) is 0 Å². The van der Waals surface area contributed by atoms with Crippen molar-refractivity contribution >= 4 is 21.1 Å². The highest BCUT2D eigenvalue weighted by atomic mass is 32.2. The number of pyridine rings is 2. The van der Waals surface area contributed by atoms with E-state index in [1.54, 1.807) is 10.7 Å². The predicted molar refractivity (Wildman–Crippen MR) is 134 cm³/mol. The first kappa shape index (κ1) is 22.7. The van der Waals surface area contributed by atoms with Crippen molar-refractivity contribution in [1.82, 2.24) is 14.6 Å². The minimum absolute atomic E-state index is 0.423. The van der Waals surface area contributed by atoms with Crippen molar-refractivity contribution in [3.8, 4) is 22.9 Å². The van der Waals surface area contributed by atoms with E-state index in [0.29, 0.717) is 55.1 Å². The first-order valence-electron chi connectivity index (χ1n) is 11.9. The van der Waals surface area contributed by atoms with Crippen LogP contribution in [0.2, 0.25) is 0 Å². The molecule has 4 heterocycles. The highest BCUT2D eigenvalue weighted by Gasteiger charge is 2.23. The molecule has 0 unspecified atom stereocenters. The molecule has 9 heteroatoms. The number of hydrogen-bond donors (Lipinski definition) is 0. The number of nitrogens with zero attached hydrogens (tertiary/aromatic N) is 6. The molecule has 3 aromatic rings. The lowest BCUT2D eigenvalue weighted by molar-refractivity contribution is 0.298. The topological polar surface area (TPSA) is 95.9 Å². The first-order valence-corrected chi connectivity index (χ1v) is 13.7. The van der Waals surface area contributed by atoms with Gasteiger partial charge in [-0.2, -0.15) is 10.4 Å². The molecule has 1 aliphatic heterocycles. The van der Waals surface area contributed by atoms with E-state index in [0.717, 1.165) is 28.2 Å². The molecule has 2 aliphatic rings. The van der Waals surface area contributed by atoms with Gasteiger partial charge in [0.2, 0.25) is 0 Å². The maximum Gasteiger partial charge on any atom is 0.138 e. The van der Waals surface area contributed by atoms with Crippen LogP contribution in [0.15, 0.2) is 41.2 Å². The Balaban J connectivity index is 1.38. The van der Waals surface area contributed by atoms with Crippen LogP contribution >= 0.6 is 0 Å². The van der Waals surface area contributed by atoms with Gasteiger partial charge in [-0.15, -0.1) is 0 Å². The lowest BCUT2D eigenvalue weighted by Crippen LogP contribution is -2.40. The maximum atomic E-state index is 13.0. The Morgan fingerprint density at radius 1 is 1.26 bits per heavy atom. The molecule has 5 rings (SSSR count). The SMILES string of the molecule is CC(C)CN=S1(=O)CCN(c2ccc(-c3cc(OCC4CC4)cn4ncc(C#N)c34)cn2)CC1. The summed E-state index contributed by atoms with van der Waals surface area (Å²) in [5.74, 6) is 3.82. The van der Waals surface area contributed by atoms with E-state index in [-0.39, 0.29) is 0 Å². The number of fused-ring (bicyclic) bond motifs is 1. The van der Waals surface area contributed by atoms with Crippen molar-refractivity contribution < 1.29 is 8.95 Å². The Morgan fingerprint density at radius 2 is 2.06 bits per heavy atom. The van der Waals surface area contributed by atoms with Crippen LogP contribution in [0.4, 0.5) is 5.82 Å². The maximum absolute atomic E-state index is 13.0. The van der Waals surface area contributed by atoms with Crippen LogP contribution in [-0.2, 0) is 9.73 Å². The molecule has 0 N–H and O–H groups in total. The monoisotopic (exact) mass is 478 g/mol. The summed E-state index contributed by atoms with van der Waals surface area (Å²) < 4.78 is 25.2. The second kappa shape index (κ2) is 9.26. The van der Waals surface area contributed by atoms with Gasteiger partial charge in [-0.05, 0) is 42.9 Å². The molecule has 178 valence electrons. The summed E-state index contributed by atoms with van der Waals surface area (Å²) in [5.41, 5.74) is 3.04. The van der Waals surface area contributed by atoms with E-state index in [2.05, 4.69) is 34.3 Å². The molecule has 0 spiro atoms. The Bertz CT molecular complexity index is 1330. The highest BCUT2D eigenvalue weighted by molar-refractivity contribution is 7.93. The zero-order valence-corrected chi connectivity index (χ0v) is 20.5. The number of hydrogen-bond acceptors (Lipinski definition) is 7. The number of nitriles is 1. The Kier molecular flexibility index (Phi) is 6.17. The molecule has 0 radical (unpaired) electrons. The molecular weight excluding hydrogens is 448 g/mol. The number of ether oxygens (including phenoxy) is 1. The molecule has 1 aliphatic carbocycles. The first-order chi connectivity index (χ1) is 16.4. The van der Waals surface area contributed by atoms with Gasteiger partial charge in [0.05, 0.1) is 46.4 Å². The fourth-order valence-electron chi connectivity index (χ4n) is 4.07. The highest BCUT2D eigenvalue weighted by Crippen LogP contribution is 2.33. The minimum atomic E-state index is -2.11. The second-order valence-electron chi connectivity index (χ2n) is 9.59. The van der Waals surface area contributed by atoms with Gasteiger partial charge < -0.3 is 9.64 Å². The van der Waals surface area contributed by atoms with E-state index in [9.17, 15) is 9.47 Å². The molecule has 0 aromatic carbocycles. The van der Waals surface area contributed by atoms with Gasteiger partial charge in [0.1, 0.15) is 17.6 Å². The van der Waals surface area contributed by atoms with E-state index in [1.807, 2.05) is 30.6 Å². The van der Waals surface area contributed by atoms with Crippen LogP contribution in [0.5, 0.6) is 5.75 Å². The van der Waals surface area contributed by atoms with Gasteiger partial charge in [0.15, 0.2) is 0 Å². The van der Waals surface area contributed by atoms with E-state index >= 15 is 0 Å². The molecule has 1 saturated carbocycles. The number of rotatable bonds is 7. The number of aromatic nitrogens is 3. The van der Waals surface area contributed by atoms with Crippen molar-refractivity contribution in [2.75, 3.05) is 42.6 Å². The van der Waals surface area contributed by atoms with Gasteiger partial charge >= 0.3 is 0 Å². The van der Waals surface area contributed by atoms with Gasteiger partial charge in [-0.1, -0.05) is 13.8 Å². The smallest absolute Gasteiger partial charge is 0.138 e. The van der Waals surface area contributed by atoms with E-state index in [1.165, 1.54) is 12.8 Å². The van der Waals surface area contributed by atoms with Crippen molar-refractivity contribution in [2.45, 2.75) is 26.7 Å². The van der Waals surface area contributed by atoms with Gasteiger partial charge in [0.25, 0.3) is 0 Å². The molecule has 34 heavy (non-hydrogen) atoms. The third-order valence-corrected chi connectivity index (χ3v) is 8.57. The van der Waals surface area contributed by atoms with E-state index in [4.69, 9.17) is 9.72 Å². The van der Waals surface area contributed by atoms with Crippen molar-refractivity contribution in [1.29, 1.82) is 5.26 Å². The molecule has 3 aromatic heterocycles. The van der Waals surface area contributed by atoms with Crippen LogP contribution in [0, 0.1) is 23.2 Å². The molecule has 0 atom stereocenters. The van der Waals surface area contributed by atoms with Crippen LogP contribution in [0.3, 0.4) is 0 Å². The second-order valence-corrected chi connectivity index (χ2v) is 12.2. The van der Waals surface area contributed by atoms with Crippen LogP contribution in [0.1, 0.15) is 32.3 Å². The summed E-state index contributed by atoms with van der Waals surface area (Å²) in [5, 5.41) is 13.9. The van der Waals surface area contributed by atoms with Gasteiger partial charge in [0, 0.05) is 41.9 Å². The lowest BCUT2D eigenvalue weighted by atomic mass is 10.1. The van der Waals surface area contributed by atoms with Gasteiger partial charge in [-0.25, -0.2) is 18.1 Å². The van der Waals surface area contributed by atoms with E-state index < -0.39 is 9.73 Å². The third kappa shape index (κ3) is 4.87. The van der Waals surface area contributed by atoms with Crippen molar-refractivity contribution in [3.05, 3.63) is 42.4 Å². The zero-order valence-electron chi connectivity index (χ0n) is 19.7. The molecular formula is C25H30N6O2S. The van der Waals surface area contributed by atoms with Crippen LogP contribution < -0.4 is 9.64 Å². The third-order valence-electron chi connectivity index (χ3n) is 6.31. The summed E-state index contributed by atoms with van der Waals surface area (Å²) >= 11 is 0. The minimum Gasteiger partial charge on any atom is -0.492 e. The summed E-state index contributed by atoms with van der Waals surface area (Å²) in [7, 11) is -2.11.